The average molecular weight is 754 g/mol. The quantitative estimate of drug-likeness (QED) is 0.170. The van der Waals surface area contributed by atoms with Gasteiger partial charge >= 0.3 is 0 Å². The molecule has 0 atom stereocenters. The van der Waals surface area contributed by atoms with Gasteiger partial charge in [0.05, 0.1) is 22.4 Å². The van der Waals surface area contributed by atoms with E-state index < -0.39 is 0 Å². The summed E-state index contributed by atoms with van der Waals surface area (Å²) in [6.07, 6.45) is 0. The van der Waals surface area contributed by atoms with Gasteiger partial charge in [0.1, 0.15) is 5.52 Å². The highest BCUT2D eigenvalue weighted by Gasteiger charge is 2.25. The summed E-state index contributed by atoms with van der Waals surface area (Å²) >= 11 is 0. The minimum atomic E-state index is 0.597. The standard InChI is InChI=1S/C55H35N3O/c1-2-19-39(20-3-1)57-49-29-11-10-25-47(49)53-45-24-9-8-23-44(45)51(35-52(53)57)58(40-33-31-38(32-34-40)42-26-12-17-36-15-4-6-21-41(36)42)50-30-14-28-48-54(50)59-55(56-48)46-27-13-18-37-16-5-7-22-43(37)46/h1-35H. The van der Waals surface area contributed by atoms with E-state index in [-0.39, 0.29) is 0 Å². The number of benzene rings is 10. The second-order valence-electron chi connectivity index (χ2n) is 15.1. The van der Waals surface area contributed by atoms with Gasteiger partial charge in [-0.1, -0.05) is 158 Å². The Labute approximate surface area is 340 Å². The van der Waals surface area contributed by atoms with Gasteiger partial charge in [-0.3, -0.25) is 0 Å². The van der Waals surface area contributed by atoms with Gasteiger partial charge in [-0.15, -0.1) is 0 Å². The Balaban J connectivity index is 1.15. The van der Waals surface area contributed by atoms with Gasteiger partial charge in [-0.25, -0.2) is 4.98 Å². The first-order valence-corrected chi connectivity index (χ1v) is 20.0. The van der Waals surface area contributed by atoms with Crippen molar-refractivity contribution in [3.8, 4) is 28.3 Å². The van der Waals surface area contributed by atoms with Gasteiger partial charge < -0.3 is 13.9 Å². The minimum absolute atomic E-state index is 0.597. The Morgan fingerprint density at radius 1 is 0.424 bits per heavy atom. The summed E-state index contributed by atoms with van der Waals surface area (Å²) in [7, 11) is 0. The second kappa shape index (κ2) is 13.3. The van der Waals surface area contributed by atoms with Crippen LogP contribution in [0.25, 0.3) is 93.5 Å². The molecule has 0 aliphatic rings. The normalized spacial score (nSPS) is 11.7. The third-order valence-electron chi connectivity index (χ3n) is 11.8. The number of anilines is 3. The highest BCUT2D eigenvalue weighted by molar-refractivity contribution is 6.25. The summed E-state index contributed by atoms with van der Waals surface area (Å²) in [5.41, 5.74) is 11.2. The van der Waals surface area contributed by atoms with E-state index in [9.17, 15) is 0 Å². The molecule has 59 heavy (non-hydrogen) atoms. The summed E-state index contributed by atoms with van der Waals surface area (Å²) in [5, 5.41) is 9.48. The maximum Gasteiger partial charge on any atom is 0.228 e. The molecule has 0 aliphatic heterocycles. The fourth-order valence-corrected chi connectivity index (χ4v) is 9.16. The van der Waals surface area contributed by atoms with Crippen LogP contribution in [0.3, 0.4) is 0 Å². The van der Waals surface area contributed by atoms with Crippen LogP contribution < -0.4 is 4.90 Å². The van der Waals surface area contributed by atoms with Crippen LogP contribution in [0.15, 0.2) is 217 Å². The molecule has 0 N–H and O–H groups in total. The maximum absolute atomic E-state index is 6.94. The van der Waals surface area contributed by atoms with Gasteiger partial charge in [0.2, 0.25) is 5.89 Å². The number of hydrogen-bond acceptors (Lipinski definition) is 3. The third-order valence-corrected chi connectivity index (χ3v) is 11.8. The molecule has 12 rings (SSSR count). The third kappa shape index (κ3) is 5.27. The molecule has 12 aromatic rings. The zero-order valence-electron chi connectivity index (χ0n) is 32.0. The summed E-state index contributed by atoms with van der Waals surface area (Å²) in [4.78, 5) is 7.51. The molecule has 0 bridgehead atoms. The largest absolute Gasteiger partial charge is 0.434 e. The van der Waals surface area contributed by atoms with Crippen LogP contribution in [-0.2, 0) is 0 Å². The Morgan fingerprint density at radius 2 is 1.02 bits per heavy atom. The van der Waals surface area contributed by atoms with Crippen LogP contribution in [0.5, 0.6) is 0 Å². The zero-order chi connectivity index (χ0) is 38.9. The molecular weight excluding hydrogens is 719 g/mol. The summed E-state index contributed by atoms with van der Waals surface area (Å²) < 4.78 is 9.34. The van der Waals surface area contributed by atoms with E-state index in [1.165, 1.54) is 38.0 Å². The molecule has 0 saturated heterocycles. The number of hydrogen-bond donors (Lipinski definition) is 0. The number of rotatable bonds is 6. The first kappa shape index (κ1) is 33.2. The van der Waals surface area contributed by atoms with Crippen LogP contribution in [-0.4, -0.2) is 9.55 Å². The minimum Gasteiger partial charge on any atom is -0.434 e. The van der Waals surface area contributed by atoms with E-state index in [2.05, 4.69) is 216 Å². The van der Waals surface area contributed by atoms with Gasteiger partial charge in [-0.05, 0) is 92.7 Å². The summed E-state index contributed by atoms with van der Waals surface area (Å²) in [5.74, 6) is 0.597. The maximum atomic E-state index is 6.94. The van der Waals surface area contributed by atoms with Crippen molar-refractivity contribution in [3.63, 3.8) is 0 Å². The predicted molar refractivity (Wildman–Crippen MR) is 246 cm³/mol. The lowest BCUT2D eigenvalue weighted by molar-refractivity contribution is 0.621. The lowest BCUT2D eigenvalue weighted by Crippen LogP contribution is -2.11. The van der Waals surface area contributed by atoms with E-state index >= 15 is 0 Å². The lowest BCUT2D eigenvalue weighted by Gasteiger charge is -2.27. The first-order valence-electron chi connectivity index (χ1n) is 20.0. The number of oxazole rings is 1. The number of para-hydroxylation sites is 3. The number of fused-ring (bicyclic) bond motifs is 8. The van der Waals surface area contributed by atoms with Gasteiger partial charge in [0.15, 0.2) is 5.58 Å². The van der Waals surface area contributed by atoms with Crippen molar-refractivity contribution >= 4 is 82.3 Å². The Morgan fingerprint density at radius 3 is 1.78 bits per heavy atom. The molecular formula is C55H35N3O. The van der Waals surface area contributed by atoms with Crippen molar-refractivity contribution < 1.29 is 4.42 Å². The van der Waals surface area contributed by atoms with E-state index in [1.807, 2.05) is 6.07 Å². The summed E-state index contributed by atoms with van der Waals surface area (Å²) in [6.45, 7) is 0. The Bertz CT molecular complexity index is 3550. The Hall–Kier alpha value is -7.95. The number of aromatic nitrogens is 2. The molecule has 10 aromatic carbocycles. The van der Waals surface area contributed by atoms with Crippen LogP contribution in [0, 0.1) is 0 Å². The number of nitrogens with zero attached hydrogens (tertiary/aromatic N) is 3. The smallest absolute Gasteiger partial charge is 0.228 e. The topological polar surface area (TPSA) is 34.2 Å². The van der Waals surface area contributed by atoms with Gasteiger partial charge in [0.25, 0.3) is 0 Å². The van der Waals surface area contributed by atoms with Crippen molar-refractivity contribution in [3.05, 3.63) is 212 Å². The molecule has 0 spiro atoms. The van der Waals surface area contributed by atoms with Crippen LogP contribution in [0.4, 0.5) is 17.1 Å². The molecule has 276 valence electrons. The molecule has 0 radical (unpaired) electrons. The van der Waals surface area contributed by atoms with Crippen molar-refractivity contribution in [1.82, 2.24) is 9.55 Å². The van der Waals surface area contributed by atoms with E-state index in [4.69, 9.17) is 9.40 Å². The van der Waals surface area contributed by atoms with Crippen molar-refractivity contribution in [1.29, 1.82) is 0 Å². The molecule has 0 saturated carbocycles. The van der Waals surface area contributed by atoms with Crippen molar-refractivity contribution in [2.45, 2.75) is 0 Å². The average Bonchev–Trinajstić information content (AvgIpc) is 3.89. The SMILES string of the molecule is c1ccc(-n2c3ccccc3c3c4ccccc4c(N(c4ccc(-c5cccc6ccccc56)cc4)c4cccc5nc(-c6cccc7ccccc67)oc45)cc32)cc1. The predicted octanol–water partition coefficient (Wildman–Crippen LogP) is 15.2. The molecule has 0 unspecified atom stereocenters. The van der Waals surface area contributed by atoms with Crippen LogP contribution >= 0.6 is 0 Å². The molecule has 0 fully saturated rings. The molecule has 4 heteroatoms. The van der Waals surface area contributed by atoms with E-state index in [0.717, 1.165) is 66.7 Å². The Kier molecular flexibility index (Phi) is 7.50. The highest BCUT2D eigenvalue weighted by Crippen LogP contribution is 2.48. The van der Waals surface area contributed by atoms with Gasteiger partial charge in [0, 0.05) is 33.1 Å². The lowest BCUT2D eigenvalue weighted by atomic mass is 9.97. The van der Waals surface area contributed by atoms with E-state index in [0.29, 0.717) is 5.89 Å². The zero-order valence-corrected chi connectivity index (χ0v) is 32.0. The molecule has 0 aliphatic carbocycles. The molecule has 4 nitrogen and oxygen atoms in total. The van der Waals surface area contributed by atoms with Crippen LogP contribution in [0.2, 0.25) is 0 Å². The fraction of sp³-hybridized carbons (Fsp3) is 0. The first-order chi connectivity index (χ1) is 29.3. The summed E-state index contributed by atoms with van der Waals surface area (Å²) in [6, 6.07) is 75.7. The van der Waals surface area contributed by atoms with Crippen molar-refractivity contribution in [2.75, 3.05) is 4.90 Å². The van der Waals surface area contributed by atoms with Crippen molar-refractivity contribution in [2.24, 2.45) is 0 Å². The molecule has 2 aromatic heterocycles. The molecule has 2 heterocycles. The second-order valence-corrected chi connectivity index (χ2v) is 15.1. The van der Waals surface area contributed by atoms with Crippen LogP contribution in [0.1, 0.15) is 0 Å². The highest BCUT2D eigenvalue weighted by atomic mass is 16.3. The van der Waals surface area contributed by atoms with E-state index in [1.54, 1.807) is 0 Å². The monoisotopic (exact) mass is 753 g/mol. The molecule has 0 amide bonds. The fourth-order valence-electron chi connectivity index (χ4n) is 9.16. The van der Waals surface area contributed by atoms with Gasteiger partial charge in [-0.2, -0.15) is 0 Å².